The fourth-order valence-electron chi connectivity index (χ4n) is 5.36. The van der Waals surface area contributed by atoms with Crippen molar-refractivity contribution in [2.45, 2.75) is 123 Å². The van der Waals surface area contributed by atoms with E-state index >= 15 is 0 Å². The molecule has 2 aromatic rings. The van der Waals surface area contributed by atoms with E-state index in [0.29, 0.717) is 25.3 Å². The standard InChI is InChI=1S/C35H54N2O4/c1-5-6-7-8-9-10-11-12-13-14-15-16-34(39)37-23-21-36(22-24-37)26-31-25-32(38)33(28-40-31)41-27-29-17-19-30(20-18-29)35(2,3)4/h17-20,25,28H,5-16,21-24,26-27H2,1-4H3. The molecule has 0 spiro atoms. The van der Waals surface area contributed by atoms with E-state index in [1.54, 1.807) is 0 Å². The van der Waals surface area contributed by atoms with Crippen LogP contribution in [0.1, 0.15) is 122 Å². The van der Waals surface area contributed by atoms with Crippen molar-refractivity contribution in [3.05, 3.63) is 63.7 Å². The Labute approximate surface area is 248 Å². The number of carbonyl (C=O) groups excluding carboxylic acids is 1. The summed E-state index contributed by atoms with van der Waals surface area (Å²) in [5, 5.41) is 0. The van der Waals surface area contributed by atoms with E-state index in [2.05, 4.69) is 44.7 Å². The van der Waals surface area contributed by atoms with Gasteiger partial charge in [-0.3, -0.25) is 14.5 Å². The highest BCUT2D eigenvalue weighted by atomic mass is 16.5. The van der Waals surface area contributed by atoms with E-state index in [-0.39, 0.29) is 22.5 Å². The molecule has 1 fully saturated rings. The van der Waals surface area contributed by atoms with Gasteiger partial charge in [0.25, 0.3) is 0 Å². The number of piperazine rings is 1. The first-order valence-electron chi connectivity index (χ1n) is 16.1. The number of benzene rings is 1. The van der Waals surface area contributed by atoms with Crippen LogP contribution in [0.15, 0.2) is 45.8 Å². The van der Waals surface area contributed by atoms with Crippen molar-refractivity contribution in [1.82, 2.24) is 9.80 Å². The van der Waals surface area contributed by atoms with Gasteiger partial charge in [0.05, 0.1) is 6.54 Å². The monoisotopic (exact) mass is 566 g/mol. The van der Waals surface area contributed by atoms with Gasteiger partial charge in [0.15, 0.2) is 0 Å². The molecule has 0 aliphatic carbocycles. The van der Waals surface area contributed by atoms with Crippen LogP contribution in [0.5, 0.6) is 5.75 Å². The third kappa shape index (κ3) is 12.0. The third-order valence-corrected chi connectivity index (χ3v) is 8.17. The summed E-state index contributed by atoms with van der Waals surface area (Å²) in [4.78, 5) is 29.5. The molecule has 6 nitrogen and oxygen atoms in total. The molecular weight excluding hydrogens is 512 g/mol. The van der Waals surface area contributed by atoms with Crippen molar-refractivity contribution in [2.24, 2.45) is 0 Å². The van der Waals surface area contributed by atoms with Crippen LogP contribution in [-0.2, 0) is 23.4 Å². The van der Waals surface area contributed by atoms with Crippen molar-refractivity contribution in [1.29, 1.82) is 0 Å². The second kappa shape index (κ2) is 17.4. The lowest BCUT2D eigenvalue weighted by atomic mass is 9.87. The molecule has 1 aliphatic heterocycles. The van der Waals surface area contributed by atoms with Gasteiger partial charge in [0, 0.05) is 38.7 Å². The maximum Gasteiger partial charge on any atom is 0.227 e. The smallest absolute Gasteiger partial charge is 0.227 e. The number of hydrogen-bond acceptors (Lipinski definition) is 5. The topological polar surface area (TPSA) is 63.0 Å². The second-order valence-corrected chi connectivity index (χ2v) is 12.8. The van der Waals surface area contributed by atoms with Crippen molar-refractivity contribution in [2.75, 3.05) is 26.2 Å². The molecule has 0 bridgehead atoms. The molecule has 0 saturated carbocycles. The van der Waals surface area contributed by atoms with E-state index in [0.717, 1.165) is 44.6 Å². The number of nitrogens with zero attached hydrogens (tertiary/aromatic N) is 2. The quantitative estimate of drug-likeness (QED) is 0.182. The van der Waals surface area contributed by atoms with Gasteiger partial charge < -0.3 is 14.1 Å². The van der Waals surface area contributed by atoms with E-state index in [1.807, 2.05) is 17.0 Å². The lowest BCUT2D eigenvalue weighted by molar-refractivity contribution is -0.133. The number of unbranched alkanes of at least 4 members (excludes halogenated alkanes) is 10. The molecule has 1 aromatic heterocycles. The number of rotatable bonds is 17. The van der Waals surface area contributed by atoms with Crippen LogP contribution in [0.3, 0.4) is 0 Å². The Hall–Kier alpha value is -2.60. The van der Waals surface area contributed by atoms with Gasteiger partial charge >= 0.3 is 0 Å². The summed E-state index contributed by atoms with van der Waals surface area (Å²) in [6.45, 7) is 12.7. The Morgan fingerprint density at radius 3 is 2.00 bits per heavy atom. The Morgan fingerprint density at radius 1 is 0.854 bits per heavy atom. The van der Waals surface area contributed by atoms with Crippen molar-refractivity contribution >= 4 is 5.91 Å². The zero-order valence-corrected chi connectivity index (χ0v) is 26.2. The SMILES string of the molecule is CCCCCCCCCCCCCC(=O)N1CCN(Cc2cc(=O)c(OCc3ccc(C(C)(C)C)cc3)co2)CC1. The molecule has 1 aliphatic rings. The average molecular weight is 567 g/mol. The highest BCUT2D eigenvalue weighted by molar-refractivity contribution is 5.76. The highest BCUT2D eigenvalue weighted by Gasteiger charge is 2.21. The van der Waals surface area contributed by atoms with Gasteiger partial charge in [-0.15, -0.1) is 0 Å². The summed E-state index contributed by atoms with van der Waals surface area (Å²) in [6, 6.07) is 9.83. The van der Waals surface area contributed by atoms with Gasteiger partial charge in [0.2, 0.25) is 17.1 Å². The summed E-state index contributed by atoms with van der Waals surface area (Å²) in [7, 11) is 0. The predicted octanol–water partition coefficient (Wildman–Crippen LogP) is 7.86. The minimum absolute atomic E-state index is 0.102. The lowest BCUT2D eigenvalue weighted by Crippen LogP contribution is -2.48. The Bertz CT molecular complexity index is 1080. The number of carbonyl (C=O) groups is 1. The van der Waals surface area contributed by atoms with Crippen molar-refractivity contribution < 1.29 is 13.9 Å². The molecule has 41 heavy (non-hydrogen) atoms. The summed E-state index contributed by atoms with van der Waals surface area (Å²) in [5.74, 6) is 1.13. The van der Waals surface area contributed by atoms with Crippen LogP contribution in [0, 0.1) is 0 Å². The van der Waals surface area contributed by atoms with E-state index in [1.165, 1.54) is 75.7 Å². The molecular formula is C35H54N2O4. The van der Waals surface area contributed by atoms with Crippen LogP contribution in [0.2, 0.25) is 0 Å². The molecule has 6 heteroatoms. The Morgan fingerprint density at radius 2 is 1.44 bits per heavy atom. The van der Waals surface area contributed by atoms with Gasteiger partial charge in [-0.2, -0.15) is 0 Å². The molecule has 0 unspecified atom stereocenters. The van der Waals surface area contributed by atoms with Crippen LogP contribution >= 0.6 is 0 Å². The first kappa shape index (κ1) is 32.9. The zero-order valence-electron chi connectivity index (χ0n) is 26.2. The minimum atomic E-state index is -0.168. The van der Waals surface area contributed by atoms with E-state index in [9.17, 15) is 9.59 Å². The molecule has 0 N–H and O–H groups in total. The normalized spacial score (nSPS) is 14.4. The molecule has 0 atom stereocenters. The average Bonchev–Trinajstić information content (AvgIpc) is 2.95. The first-order valence-corrected chi connectivity index (χ1v) is 16.1. The van der Waals surface area contributed by atoms with Crippen LogP contribution in [-0.4, -0.2) is 41.9 Å². The number of hydrogen-bond donors (Lipinski definition) is 0. The van der Waals surface area contributed by atoms with Crippen molar-refractivity contribution in [3.63, 3.8) is 0 Å². The Balaban J connectivity index is 1.29. The van der Waals surface area contributed by atoms with Crippen LogP contribution in [0.25, 0.3) is 0 Å². The maximum absolute atomic E-state index is 12.7. The Kier molecular flexibility index (Phi) is 13.9. The fraction of sp³-hybridized carbons (Fsp3) is 0.657. The predicted molar refractivity (Wildman–Crippen MR) is 167 cm³/mol. The van der Waals surface area contributed by atoms with E-state index < -0.39 is 0 Å². The largest absolute Gasteiger partial charge is 0.482 e. The molecule has 3 rings (SSSR count). The van der Waals surface area contributed by atoms with Gasteiger partial charge in [-0.25, -0.2) is 0 Å². The highest BCUT2D eigenvalue weighted by Crippen LogP contribution is 2.22. The first-order chi connectivity index (χ1) is 19.8. The number of amides is 1. The molecule has 1 amide bonds. The van der Waals surface area contributed by atoms with Crippen LogP contribution in [0.4, 0.5) is 0 Å². The van der Waals surface area contributed by atoms with Crippen LogP contribution < -0.4 is 10.2 Å². The maximum atomic E-state index is 12.7. The molecule has 1 saturated heterocycles. The minimum Gasteiger partial charge on any atom is -0.482 e. The molecule has 228 valence electrons. The van der Waals surface area contributed by atoms with Crippen molar-refractivity contribution in [3.8, 4) is 5.75 Å². The molecule has 0 radical (unpaired) electrons. The fourth-order valence-corrected chi connectivity index (χ4v) is 5.36. The van der Waals surface area contributed by atoms with Gasteiger partial charge in [0.1, 0.15) is 18.6 Å². The summed E-state index contributed by atoms with van der Waals surface area (Å²) in [5.41, 5.74) is 2.21. The lowest BCUT2D eigenvalue weighted by Gasteiger charge is -2.34. The molecule has 2 heterocycles. The third-order valence-electron chi connectivity index (χ3n) is 8.17. The summed E-state index contributed by atoms with van der Waals surface area (Å²) in [6.07, 6.45) is 16.3. The summed E-state index contributed by atoms with van der Waals surface area (Å²) < 4.78 is 11.5. The molecule has 1 aromatic carbocycles. The second-order valence-electron chi connectivity index (χ2n) is 12.8. The van der Waals surface area contributed by atoms with Gasteiger partial charge in [-0.05, 0) is 23.0 Å². The zero-order chi connectivity index (χ0) is 29.5. The van der Waals surface area contributed by atoms with E-state index in [4.69, 9.17) is 9.15 Å². The van der Waals surface area contributed by atoms with Gasteiger partial charge in [-0.1, -0.05) is 116 Å². The number of ether oxygens (including phenoxy) is 1. The summed E-state index contributed by atoms with van der Waals surface area (Å²) >= 11 is 0.